The first-order valence-corrected chi connectivity index (χ1v) is 9.46. The van der Waals surface area contributed by atoms with Crippen molar-refractivity contribution in [2.24, 2.45) is 0 Å². The summed E-state index contributed by atoms with van der Waals surface area (Å²) in [6.07, 6.45) is 2.50. The molecule has 27 heavy (non-hydrogen) atoms. The fourth-order valence-corrected chi connectivity index (χ4v) is 3.66. The summed E-state index contributed by atoms with van der Waals surface area (Å²) in [4.78, 5) is 25.2. The van der Waals surface area contributed by atoms with Crippen molar-refractivity contribution >= 4 is 57.9 Å². The third-order valence-electron chi connectivity index (χ3n) is 4.01. The Labute approximate surface area is 167 Å². The van der Waals surface area contributed by atoms with Crippen molar-refractivity contribution in [2.45, 2.75) is 6.92 Å². The molecule has 0 bridgehead atoms. The van der Waals surface area contributed by atoms with E-state index in [0.717, 1.165) is 16.9 Å². The second-order valence-corrected chi connectivity index (χ2v) is 7.67. The molecule has 0 aliphatic carbocycles. The Balaban J connectivity index is 1.99. The average molecular weight is 399 g/mol. The first-order chi connectivity index (χ1) is 13.0. The number of anilines is 2. The Morgan fingerprint density at radius 3 is 2.59 bits per heavy atom. The van der Waals surface area contributed by atoms with Crippen molar-refractivity contribution in [2.75, 3.05) is 18.6 Å². The van der Waals surface area contributed by atoms with E-state index < -0.39 is 0 Å². The lowest BCUT2D eigenvalue weighted by Crippen LogP contribution is -2.17. The standard InChI is InChI=1S/C20H18N2O3S2/c1-13-3-6-15(7-4-13)22(2)16-11-14(5-8-17(16)25-10-9-23)12-18-19(24)21-20(26)27-18/h3-9,11-12H,10H2,1-2H3,(H,21,24,26)/b18-12-. The molecule has 1 amide bonds. The van der Waals surface area contributed by atoms with E-state index in [0.29, 0.717) is 21.3 Å². The number of ether oxygens (including phenoxy) is 1. The zero-order valence-electron chi connectivity index (χ0n) is 14.9. The van der Waals surface area contributed by atoms with Crippen LogP contribution >= 0.6 is 24.0 Å². The molecule has 1 aliphatic heterocycles. The number of benzene rings is 2. The SMILES string of the molecule is Cc1ccc(N(C)c2cc(/C=C3\SC(=S)NC3=O)ccc2OCC=O)cc1. The second-order valence-electron chi connectivity index (χ2n) is 5.95. The summed E-state index contributed by atoms with van der Waals surface area (Å²) < 4.78 is 6.03. The number of amides is 1. The molecule has 7 heteroatoms. The quantitative estimate of drug-likeness (QED) is 0.453. The highest BCUT2D eigenvalue weighted by atomic mass is 32.2. The number of thiocarbonyl (C=S) groups is 1. The summed E-state index contributed by atoms with van der Waals surface area (Å²) in [6.45, 7) is 2.01. The third kappa shape index (κ3) is 4.56. The highest BCUT2D eigenvalue weighted by molar-refractivity contribution is 8.26. The lowest BCUT2D eigenvalue weighted by Gasteiger charge is -2.23. The Bertz CT molecular complexity index is 923. The average Bonchev–Trinajstić information content (AvgIpc) is 2.97. The zero-order chi connectivity index (χ0) is 19.4. The van der Waals surface area contributed by atoms with E-state index in [1.165, 1.54) is 17.3 Å². The van der Waals surface area contributed by atoms with Crippen molar-refractivity contribution < 1.29 is 14.3 Å². The summed E-state index contributed by atoms with van der Waals surface area (Å²) in [6, 6.07) is 13.7. The van der Waals surface area contributed by atoms with Crippen LogP contribution in [-0.2, 0) is 9.59 Å². The van der Waals surface area contributed by atoms with Gasteiger partial charge >= 0.3 is 0 Å². The van der Waals surface area contributed by atoms with Crippen LogP contribution in [0.3, 0.4) is 0 Å². The molecule has 1 heterocycles. The maximum Gasteiger partial charge on any atom is 0.263 e. The lowest BCUT2D eigenvalue weighted by molar-refractivity contribution is -0.115. The molecule has 0 unspecified atom stereocenters. The fraction of sp³-hybridized carbons (Fsp3) is 0.150. The van der Waals surface area contributed by atoms with Gasteiger partial charge in [0.15, 0.2) is 6.29 Å². The van der Waals surface area contributed by atoms with Crippen LogP contribution < -0.4 is 15.0 Å². The Hall–Kier alpha value is -2.64. The molecule has 2 aromatic carbocycles. The van der Waals surface area contributed by atoms with Gasteiger partial charge in [0.2, 0.25) is 0 Å². The van der Waals surface area contributed by atoms with Crippen molar-refractivity contribution in [3.05, 3.63) is 58.5 Å². The van der Waals surface area contributed by atoms with Crippen molar-refractivity contribution in [3.63, 3.8) is 0 Å². The van der Waals surface area contributed by atoms with Gasteiger partial charge in [-0.15, -0.1) is 0 Å². The van der Waals surface area contributed by atoms with E-state index in [9.17, 15) is 9.59 Å². The van der Waals surface area contributed by atoms with E-state index in [-0.39, 0.29) is 12.5 Å². The number of rotatable bonds is 6. The van der Waals surface area contributed by atoms with Gasteiger partial charge in [0.1, 0.15) is 16.7 Å². The molecule has 138 valence electrons. The Kier molecular flexibility index (Phi) is 5.93. The molecule has 2 aromatic rings. The number of nitrogens with zero attached hydrogens (tertiary/aromatic N) is 1. The number of aldehydes is 1. The Morgan fingerprint density at radius 2 is 1.96 bits per heavy atom. The van der Waals surface area contributed by atoms with Crippen LogP contribution in [0.4, 0.5) is 11.4 Å². The molecule has 0 aromatic heterocycles. The van der Waals surface area contributed by atoms with Gasteiger partial charge in [0.25, 0.3) is 5.91 Å². The minimum Gasteiger partial charge on any atom is -0.484 e. The number of hydrogen-bond donors (Lipinski definition) is 1. The molecular formula is C20H18N2O3S2. The molecule has 0 spiro atoms. The first-order valence-electron chi connectivity index (χ1n) is 8.23. The lowest BCUT2D eigenvalue weighted by atomic mass is 10.1. The first kappa shape index (κ1) is 19.1. The van der Waals surface area contributed by atoms with Crippen LogP contribution in [0.15, 0.2) is 47.4 Å². The van der Waals surface area contributed by atoms with E-state index in [1.54, 1.807) is 12.1 Å². The monoisotopic (exact) mass is 398 g/mol. The van der Waals surface area contributed by atoms with Crippen LogP contribution in [0.1, 0.15) is 11.1 Å². The highest BCUT2D eigenvalue weighted by Gasteiger charge is 2.22. The van der Waals surface area contributed by atoms with Crippen LogP contribution in [0.2, 0.25) is 0 Å². The molecule has 0 saturated carbocycles. The second kappa shape index (κ2) is 8.37. The summed E-state index contributed by atoms with van der Waals surface area (Å²) >= 11 is 6.27. The predicted octanol–water partition coefficient (Wildman–Crippen LogP) is 3.83. The number of aryl methyl sites for hydroxylation is 1. The number of carbonyl (C=O) groups excluding carboxylic acids is 2. The maximum absolute atomic E-state index is 11.9. The van der Waals surface area contributed by atoms with Crippen molar-refractivity contribution in [3.8, 4) is 5.75 Å². The van der Waals surface area contributed by atoms with Gasteiger partial charge in [0.05, 0.1) is 10.6 Å². The summed E-state index contributed by atoms with van der Waals surface area (Å²) in [5, 5.41) is 2.61. The maximum atomic E-state index is 11.9. The van der Waals surface area contributed by atoms with Crippen LogP contribution in [0, 0.1) is 6.92 Å². The van der Waals surface area contributed by atoms with Crippen molar-refractivity contribution in [1.29, 1.82) is 0 Å². The highest BCUT2D eigenvalue weighted by Crippen LogP contribution is 2.35. The normalized spacial score (nSPS) is 15.0. The molecule has 3 rings (SSSR count). The molecule has 1 aliphatic rings. The molecule has 0 radical (unpaired) electrons. The minimum atomic E-state index is -0.195. The molecule has 1 N–H and O–H groups in total. The number of nitrogens with one attached hydrogen (secondary N) is 1. The van der Waals surface area contributed by atoms with Crippen LogP contribution in [-0.4, -0.2) is 30.2 Å². The van der Waals surface area contributed by atoms with Crippen LogP contribution in [0.5, 0.6) is 5.75 Å². The summed E-state index contributed by atoms with van der Waals surface area (Å²) in [5.74, 6) is 0.395. The third-order valence-corrected chi connectivity index (χ3v) is 5.17. The van der Waals surface area contributed by atoms with Crippen LogP contribution in [0.25, 0.3) is 6.08 Å². The summed E-state index contributed by atoms with van der Waals surface area (Å²) in [5.41, 5.74) is 3.78. The molecular weight excluding hydrogens is 380 g/mol. The number of thioether (sulfide) groups is 1. The van der Waals surface area contributed by atoms with E-state index in [1.807, 2.05) is 55.3 Å². The summed E-state index contributed by atoms with van der Waals surface area (Å²) in [7, 11) is 1.93. The smallest absolute Gasteiger partial charge is 0.263 e. The molecule has 1 saturated heterocycles. The van der Waals surface area contributed by atoms with E-state index in [2.05, 4.69) is 5.32 Å². The Morgan fingerprint density at radius 1 is 1.22 bits per heavy atom. The predicted molar refractivity (Wildman–Crippen MR) is 114 cm³/mol. The van der Waals surface area contributed by atoms with Gasteiger partial charge in [-0.05, 0) is 42.8 Å². The molecule has 5 nitrogen and oxygen atoms in total. The molecule has 0 atom stereocenters. The number of carbonyl (C=O) groups is 2. The van der Waals surface area contributed by atoms with E-state index >= 15 is 0 Å². The van der Waals surface area contributed by atoms with Gasteiger partial charge in [-0.25, -0.2) is 0 Å². The van der Waals surface area contributed by atoms with Crippen molar-refractivity contribution in [1.82, 2.24) is 5.32 Å². The molecule has 1 fully saturated rings. The fourth-order valence-electron chi connectivity index (χ4n) is 2.61. The van der Waals surface area contributed by atoms with Gasteiger partial charge in [-0.3, -0.25) is 9.59 Å². The largest absolute Gasteiger partial charge is 0.484 e. The zero-order valence-corrected chi connectivity index (χ0v) is 16.5. The van der Waals surface area contributed by atoms with Gasteiger partial charge in [-0.1, -0.05) is 47.7 Å². The van der Waals surface area contributed by atoms with Gasteiger partial charge < -0.3 is 15.0 Å². The van der Waals surface area contributed by atoms with Gasteiger partial charge in [0, 0.05) is 12.7 Å². The van der Waals surface area contributed by atoms with Gasteiger partial charge in [-0.2, -0.15) is 0 Å². The van der Waals surface area contributed by atoms with E-state index in [4.69, 9.17) is 17.0 Å². The number of hydrogen-bond acceptors (Lipinski definition) is 6. The minimum absolute atomic E-state index is 0.0261. The topological polar surface area (TPSA) is 58.6 Å².